The van der Waals surface area contributed by atoms with E-state index in [1.165, 1.54) is 41.3 Å². The highest BCUT2D eigenvalue weighted by atomic mass is 15.2. The Hall–Kier alpha value is -2.00. The summed E-state index contributed by atoms with van der Waals surface area (Å²) in [7, 11) is 2.01. The average molecular weight is 295 g/mol. The quantitative estimate of drug-likeness (QED) is 0.685. The van der Waals surface area contributed by atoms with E-state index in [1.54, 1.807) is 0 Å². The third-order valence-electron chi connectivity index (χ3n) is 4.24. The van der Waals surface area contributed by atoms with Gasteiger partial charge in [0.05, 0.1) is 11.9 Å². The molecule has 2 aromatic carbocycles. The number of unbranched alkanes of at least 4 members (excludes halogenated alkanes) is 2. The van der Waals surface area contributed by atoms with E-state index in [2.05, 4.69) is 64.6 Å². The summed E-state index contributed by atoms with van der Waals surface area (Å²) < 4.78 is 0. The van der Waals surface area contributed by atoms with Gasteiger partial charge in [0.2, 0.25) is 0 Å². The summed E-state index contributed by atoms with van der Waals surface area (Å²) in [6.07, 6.45) is 7.45. The highest BCUT2D eigenvalue weighted by molar-refractivity contribution is 5.86. The molecule has 0 amide bonds. The molecule has 116 valence electrons. The number of rotatable bonds is 7. The van der Waals surface area contributed by atoms with Crippen LogP contribution in [-0.2, 0) is 0 Å². The molecule has 1 atom stereocenters. The van der Waals surface area contributed by atoms with E-state index in [4.69, 9.17) is 0 Å². The van der Waals surface area contributed by atoms with Crippen molar-refractivity contribution in [2.24, 2.45) is 0 Å². The van der Waals surface area contributed by atoms with E-state index in [1.807, 2.05) is 7.05 Å². The van der Waals surface area contributed by atoms with Crippen molar-refractivity contribution in [2.45, 2.75) is 31.8 Å². The van der Waals surface area contributed by atoms with Crippen LogP contribution in [0.15, 0.2) is 48.7 Å². The van der Waals surface area contributed by atoms with Gasteiger partial charge in [-0.05, 0) is 55.3 Å². The Kier molecular flexibility index (Phi) is 4.96. The SMILES string of the molecule is CNCCCCCC1NC=C(c2ccc3ccccc3c2)N1. The summed E-state index contributed by atoms with van der Waals surface area (Å²) in [5.41, 5.74) is 2.45. The predicted octanol–water partition coefficient (Wildman–Crippen LogP) is 3.44. The molecule has 1 unspecified atom stereocenters. The van der Waals surface area contributed by atoms with Gasteiger partial charge in [-0.1, -0.05) is 42.8 Å². The van der Waals surface area contributed by atoms with E-state index < -0.39 is 0 Å². The summed E-state index contributed by atoms with van der Waals surface area (Å²) in [5.74, 6) is 0. The van der Waals surface area contributed by atoms with Crippen molar-refractivity contribution in [2.75, 3.05) is 13.6 Å². The lowest BCUT2D eigenvalue weighted by Crippen LogP contribution is -2.31. The van der Waals surface area contributed by atoms with E-state index in [0.29, 0.717) is 6.17 Å². The second-order valence-electron chi connectivity index (χ2n) is 5.94. The minimum atomic E-state index is 0.371. The first-order chi connectivity index (χ1) is 10.9. The first kappa shape index (κ1) is 14.9. The Bertz CT molecular complexity index is 648. The second-order valence-corrected chi connectivity index (χ2v) is 5.94. The van der Waals surface area contributed by atoms with Crippen LogP contribution in [0.2, 0.25) is 0 Å². The normalized spacial score (nSPS) is 17.1. The number of hydrogen-bond acceptors (Lipinski definition) is 3. The van der Waals surface area contributed by atoms with Crippen molar-refractivity contribution in [3.8, 4) is 0 Å². The number of hydrogen-bond donors (Lipinski definition) is 3. The minimum absolute atomic E-state index is 0.371. The molecule has 3 N–H and O–H groups in total. The molecule has 22 heavy (non-hydrogen) atoms. The van der Waals surface area contributed by atoms with E-state index >= 15 is 0 Å². The van der Waals surface area contributed by atoms with E-state index in [0.717, 1.165) is 13.0 Å². The van der Waals surface area contributed by atoms with Crippen LogP contribution in [0.1, 0.15) is 31.2 Å². The molecule has 2 aromatic rings. The molecule has 0 saturated heterocycles. The molecule has 1 aliphatic heterocycles. The molecule has 0 spiro atoms. The van der Waals surface area contributed by atoms with Crippen LogP contribution in [0.5, 0.6) is 0 Å². The standard InChI is InChI=1S/C19H25N3/c1-20-12-6-2-3-9-19-21-14-18(22-19)17-11-10-15-7-4-5-8-16(15)13-17/h4-5,7-8,10-11,13-14,19-22H,2-3,6,9,12H2,1H3. The van der Waals surface area contributed by atoms with Gasteiger partial charge in [-0.15, -0.1) is 0 Å². The summed E-state index contributed by atoms with van der Waals surface area (Å²) in [5, 5.41) is 12.8. The van der Waals surface area contributed by atoms with Gasteiger partial charge in [-0.2, -0.15) is 0 Å². The predicted molar refractivity (Wildman–Crippen MR) is 94.4 cm³/mol. The van der Waals surface area contributed by atoms with Gasteiger partial charge in [0.25, 0.3) is 0 Å². The fourth-order valence-corrected chi connectivity index (χ4v) is 2.96. The Balaban J connectivity index is 1.55. The van der Waals surface area contributed by atoms with Crippen molar-refractivity contribution in [3.05, 3.63) is 54.2 Å². The molecule has 0 radical (unpaired) electrons. The summed E-state index contributed by atoms with van der Waals surface area (Å²) in [4.78, 5) is 0. The van der Waals surface area contributed by atoms with E-state index in [-0.39, 0.29) is 0 Å². The first-order valence-electron chi connectivity index (χ1n) is 8.23. The average Bonchev–Trinajstić information content (AvgIpc) is 3.03. The van der Waals surface area contributed by atoms with Gasteiger partial charge >= 0.3 is 0 Å². The topological polar surface area (TPSA) is 36.1 Å². The third kappa shape index (κ3) is 3.60. The highest BCUT2D eigenvalue weighted by Crippen LogP contribution is 2.22. The lowest BCUT2D eigenvalue weighted by molar-refractivity contribution is 0.491. The molecular formula is C19H25N3. The van der Waals surface area contributed by atoms with Crippen molar-refractivity contribution in [1.29, 1.82) is 0 Å². The molecular weight excluding hydrogens is 270 g/mol. The highest BCUT2D eigenvalue weighted by Gasteiger charge is 2.15. The maximum Gasteiger partial charge on any atom is 0.0960 e. The van der Waals surface area contributed by atoms with Gasteiger partial charge < -0.3 is 16.0 Å². The minimum Gasteiger partial charge on any atom is -0.370 e. The van der Waals surface area contributed by atoms with Gasteiger partial charge in [0.15, 0.2) is 0 Å². The van der Waals surface area contributed by atoms with Gasteiger partial charge in [-0.25, -0.2) is 0 Å². The lowest BCUT2D eigenvalue weighted by atomic mass is 10.1. The van der Waals surface area contributed by atoms with Crippen LogP contribution < -0.4 is 16.0 Å². The molecule has 0 aromatic heterocycles. The van der Waals surface area contributed by atoms with Crippen molar-refractivity contribution >= 4 is 16.5 Å². The molecule has 1 aliphatic rings. The molecule has 3 nitrogen and oxygen atoms in total. The van der Waals surface area contributed by atoms with Gasteiger partial charge in [0.1, 0.15) is 0 Å². The molecule has 3 heteroatoms. The Morgan fingerprint density at radius 2 is 1.86 bits per heavy atom. The summed E-state index contributed by atoms with van der Waals surface area (Å²) >= 11 is 0. The van der Waals surface area contributed by atoms with Crippen LogP contribution in [0.25, 0.3) is 16.5 Å². The van der Waals surface area contributed by atoms with Crippen LogP contribution in [0.3, 0.4) is 0 Å². The zero-order valence-corrected chi connectivity index (χ0v) is 13.2. The van der Waals surface area contributed by atoms with Crippen molar-refractivity contribution in [1.82, 2.24) is 16.0 Å². The smallest absolute Gasteiger partial charge is 0.0960 e. The molecule has 0 saturated carbocycles. The maximum atomic E-state index is 3.60. The molecule has 3 rings (SSSR count). The number of fused-ring (bicyclic) bond motifs is 1. The Morgan fingerprint density at radius 1 is 1.00 bits per heavy atom. The van der Waals surface area contributed by atoms with E-state index in [9.17, 15) is 0 Å². The molecule has 0 bridgehead atoms. The monoisotopic (exact) mass is 295 g/mol. The summed E-state index contributed by atoms with van der Waals surface area (Å²) in [6.45, 7) is 1.12. The Morgan fingerprint density at radius 3 is 2.73 bits per heavy atom. The van der Waals surface area contributed by atoms with Crippen LogP contribution >= 0.6 is 0 Å². The fourth-order valence-electron chi connectivity index (χ4n) is 2.96. The van der Waals surface area contributed by atoms with Crippen molar-refractivity contribution < 1.29 is 0 Å². The van der Waals surface area contributed by atoms with Gasteiger partial charge in [0, 0.05) is 6.20 Å². The number of benzene rings is 2. The van der Waals surface area contributed by atoms with Crippen LogP contribution in [0.4, 0.5) is 0 Å². The fraction of sp³-hybridized carbons (Fsp3) is 0.368. The second kappa shape index (κ2) is 7.32. The number of nitrogens with one attached hydrogen (secondary N) is 3. The first-order valence-corrected chi connectivity index (χ1v) is 8.23. The molecule has 1 heterocycles. The van der Waals surface area contributed by atoms with Crippen LogP contribution in [-0.4, -0.2) is 19.8 Å². The molecule has 0 aliphatic carbocycles. The van der Waals surface area contributed by atoms with Crippen molar-refractivity contribution in [3.63, 3.8) is 0 Å². The Labute approximate surface area is 132 Å². The van der Waals surface area contributed by atoms with Gasteiger partial charge in [-0.3, -0.25) is 0 Å². The zero-order valence-electron chi connectivity index (χ0n) is 13.2. The molecule has 0 fully saturated rings. The maximum absolute atomic E-state index is 3.60. The summed E-state index contributed by atoms with van der Waals surface area (Å²) in [6, 6.07) is 15.1. The zero-order chi connectivity index (χ0) is 15.2. The third-order valence-corrected chi connectivity index (χ3v) is 4.24. The van der Waals surface area contributed by atoms with Crippen LogP contribution in [0, 0.1) is 0 Å². The lowest BCUT2D eigenvalue weighted by Gasteiger charge is -2.14. The largest absolute Gasteiger partial charge is 0.370 e.